The first-order valence-corrected chi connectivity index (χ1v) is 6.72. The molecule has 25 heavy (non-hydrogen) atoms. The van der Waals surface area contributed by atoms with E-state index < -0.39 is 0 Å². The number of ether oxygens (including phenoxy) is 2. The Labute approximate surface area is 169 Å². The minimum Gasteiger partial charge on any atom is -2.00 e. The first kappa shape index (κ1) is 28.3. The number of allylic oxidation sites excluding steroid dienone is 2. The Morgan fingerprint density at radius 1 is 0.560 bits per heavy atom. The van der Waals surface area contributed by atoms with Gasteiger partial charge in [-0.05, 0) is 48.3 Å². The number of hydrogen-bond acceptors (Lipinski definition) is 2. The first-order chi connectivity index (χ1) is 9.93. The Balaban J connectivity index is -0.000000323. The van der Waals surface area contributed by atoms with E-state index in [0.717, 1.165) is 24.3 Å². The van der Waals surface area contributed by atoms with Crippen molar-refractivity contribution in [2.24, 2.45) is 0 Å². The van der Waals surface area contributed by atoms with Crippen molar-refractivity contribution in [2.75, 3.05) is 0 Å². The van der Waals surface area contributed by atoms with Crippen LogP contribution in [0.2, 0.25) is 0 Å². The summed E-state index contributed by atoms with van der Waals surface area (Å²) in [5, 5.41) is 0. The van der Waals surface area contributed by atoms with Crippen LogP contribution in [-0.2, 0) is 29.3 Å². The van der Waals surface area contributed by atoms with Crippen LogP contribution < -0.4 is 9.47 Å². The van der Waals surface area contributed by atoms with Gasteiger partial charge in [-0.3, -0.25) is 0 Å². The van der Waals surface area contributed by atoms with Gasteiger partial charge in [-0.1, -0.05) is 36.4 Å². The summed E-state index contributed by atoms with van der Waals surface area (Å²) in [7, 11) is 0. The third-order valence-corrected chi connectivity index (χ3v) is 3.20. The number of rotatable bonds is 0. The Morgan fingerprint density at radius 3 is 1.28 bits per heavy atom. The van der Waals surface area contributed by atoms with Gasteiger partial charge in [-0.25, -0.2) is 0 Å². The fraction of sp³-hybridized carbons (Fsp3) is 0.111. The van der Waals surface area contributed by atoms with E-state index in [0.29, 0.717) is 0 Å². The first-order valence-electron chi connectivity index (χ1n) is 6.72. The molecule has 4 rings (SSSR count). The van der Waals surface area contributed by atoms with Gasteiger partial charge >= 0.3 is 34.7 Å². The summed E-state index contributed by atoms with van der Waals surface area (Å²) in [5.41, 5.74) is 2.54. The second-order valence-corrected chi connectivity index (χ2v) is 4.60. The Morgan fingerprint density at radius 2 is 0.920 bits per heavy atom. The molecule has 7 heteroatoms. The molecule has 0 spiro atoms. The van der Waals surface area contributed by atoms with Crippen LogP contribution in [0.4, 0.5) is 0 Å². The van der Waals surface area contributed by atoms with E-state index in [4.69, 9.17) is 9.47 Å². The normalized spacial score (nSPS) is 11.2. The van der Waals surface area contributed by atoms with Gasteiger partial charge in [0, 0.05) is 0 Å². The van der Waals surface area contributed by atoms with Crippen LogP contribution in [0.15, 0.2) is 73.2 Å². The molecule has 0 bridgehead atoms. The van der Waals surface area contributed by atoms with Crippen molar-refractivity contribution in [1.29, 1.82) is 0 Å². The van der Waals surface area contributed by atoms with Crippen LogP contribution >= 0.6 is 0 Å². The molecule has 0 atom stereocenters. The van der Waals surface area contributed by atoms with Crippen LogP contribution in [0.25, 0.3) is 0 Å². The topological polar surface area (TPSA) is 104 Å². The molecule has 0 aromatic heterocycles. The molecule has 124 valence electrons. The summed E-state index contributed by atoms with van der Waals surface area (Å²) in [6.45, 7) is 0. The van der Waals surface area contributed by atoms with E-state index in [9.17, 15) is 0 Å². The average molecular weight is 366 g/mol. The third-order valence-electron chi connectivity index (χ3n) is 3.20. The third kappa shape index (κ3) is 7.92. The van der Waals surface area contributed by atoms with E-state index in [-0.39, 0.29) is 51.2 Å². The molecule has 0 unspecified atom stereocenters. The molecule has 0 N–H and O–H groups in total. The van der Waals surface area contributed by atoms with Gasteiger partial charge in [0.15, 0.2) is 0 Å². The smallest absolute Gasteiger partial charge is 2.00 e. The van der Waals surface area contributed by atoms with Gasteiger partial charge in [-0.15, -0.1) is 0 Å². The molecule has 0 saturated heterocycles. The monoisotopic (exact) mass is 366 g/mol. The van der Waals surface area contributed by atoms with Crippen molar-refractivity contribution in [3.63, 3.8) is 0 Å². The summed E-state index contributed by atoms with van der Waals surface area (Å²) >= 11 is 0. The molecule has 5 nitrogen and oxygen atoms in total. The van der Waals surface area contributed by atoms with E-state index in [2.05, 4.69) is 12.1 Å². The maximum absolute atomic E-state index is 5.24. The summed E-state index contributed by atoms with van der Waals surface area (Å²) < 4.78 is 10.5. The maximum atomic E-state index is 5.24. The van der Waals surface area contributed by atoms with Gasteiger partial charge in [0.25, 0.3) is 0 Å². The fourth-order valence-corrected chi connectivity index (χ4v) is 2.17. The van der Waals surface area contributed by atoms with Crippen LogP contribution in [0.1, 0.15) is 11.1 Å². The van der Waals surface area contributed by atoms with Crippen molar-refractivity contribution in [3.05, 3.63) is 84.3 Å². The zero-order valence-corrected chi connectivity index (χ0v) is 15.8. The maximum Gasteiger partial charge on any atom is 3.00 e. The van der Waals surface area contributed by atoms with Crippen LogP contribution in [0, 0.1) is 0 Å². The predicted molar refractivity (Wildman–Crippen MR) is 93.4 cm³/mol. The van der Waals surface area contributed by atoms with Crippen molar-refractivity contribution in [3.8, 4) is 11.5 Å². The molecule has 0 aliphatic carbocycles. The van der Waals surface area contributed by atoms with Crippen molar-refractivity contribution in [1.82, 2.24) is 0 Å². The second-order valence-electron chi connectivity index (χ2n) is 4.60. The summed E-state index contributed by atoms with van der Waals surface area (Å²) in [6.07, 6.45) is 9.50. The Kier molecular flexibility index (Phi) is 16.7. The molecule has 0 fully saturated rings. The van der Waals surface area contributed by atoms with Crippen molar-refractivity contribution >= 4 is 34.7 Å². The summed E-state index contributed by atoms with van der Waals surface area (Å²) in [5.74, 6) is 1.98. The molecule has 2 heterocycles. The number of fused-ring (bicyclic) bond motifs is 2. The van der Waals surface area contributed by atoms with Gasteiger partial charge < -0.3 is 25.9 Å². The zero-order chi connectivity index (χ0) is 13.6. The van der Waals surface area contributed by atoms with E-state index in [1.54, 1.807) is 12.5 Å². The average Bonchev–Trinajstić information content (AvgIpc) is 2.56. The molecule has 2 aromatic rings. The number of para-hydroxylation sites is 2. The molecular formula is C18H16Al2O5. The molecule has 0 amide bonds. The quantitative estimate of drug-likeness (QED) is 0.668. The SMILES string of the molecule is C1=COc2ccccc2C1.C1=COc2ccccc2C1.[Al+3].[Al+3].[O-2].[O-2].[O-2]. The zero-order valence-electron chi connectivity index (χ0n) is 13.5. The number of benzene rings is 2. The summed E-state index contributed by atoms with van der Waals surface area (Å²) in [4.78, 5) is 0. The van der Waals surface area contributed by atoms with Crippen LogP contribution in [0.3, 0.4) is 0 Å². The standard InChI is InChI=1S/2C9H8O.2Al.3O/c2*1-2-6-9-8(4-1)5-3-7-10-9;;;;;/h2*1-4,6-7H,5H2;;;;;/q;;2*+3;3*-2. The number of hydrogen-bond donors (Lipinski definition) is 0. The second kappa shape index (κ2) is 14.8. The fourth-order valence-electron chi connectivity index (χ4n) is 2.17. The van der Waals surface area contributed by atoms with Crippen LogP contribution in [0.5, 0.6) is 11.5 Å². The summed E-state index contributed by atoms with van der Waals surface area (Å²) in [6, 6.07) is 16.2. The molecule has 2 aliphatic heterocycles. The Hall–Kier alpha value is -1.54. The molecule has 2 aromatic carbocycles. The minimum absolute atomic E-state index is 0. The molecule has 0 radical (unpaired) electrons. The van der Waals surface area contributed by atoms with Gasteiger partial charge in [0.05, 0.1) is 12.5 Å². The minimum atomic E-state index is 0. The van der Waals surface area contributed by atoms with E-state index >= 15 is 0 Å². The molecular weight excluding hydrogens is 350 g/mol. The molecule has 2 aliphatic rings. The molecule has 0 saturated carbocycles. The van der Waals surface area contributed by atoms with Crippen molar-refractivity contribution < 1.29 is 25.9 Å². The van der Waals surface area contributed by atoms with Gasteiger partial charge in [-0.2, -0.15) is 0 Å². The predicted octanol–water partition coefficient (Wildman–Crippen LogP) is 3.15. The largest absolute Gasteiger partial charge is 3.00 e. The van der Waals surface area contributed by atoms with E-state index in [1.807, 2.05) is 48.6 Å². The van der Waals surface area contributed by atoms with Crippen LogP contribution in [-0.4, -0.2) is 34.7 Å². The Bertz CT molecular complexity index is 548. The van der Waals surface area contributed by atoms with Gasteiger partial charge in [0.1, 0.15) is 11.5 Å². The van der Waals surface area contributed by atoms with Crippen molar-refractivity contribution in [2.45, 2.75) is 12.8 Å². The van der Waals surface area contributed by atoms with E-state index in [1.165, 1.54) is 11.1 Å². The van der Waals surface area contributed by atoms with Gasteiger partial charge in [0.2, 0.25) is 0 Å².